The van der Waals surface area contributed by atoms with E-state index in [0.29, 0.717) is 6.61 Å². The van der Waals surface area contributed by atoms with Crippen LogP contribution in [0.2, 0.25) is 0 Å². The maximum atomic E-state index is 5.74. The fourth-order valence-electron chi connectivity index (χ4n) is 2.52. The predicted octanol–water partition coefficient (Wildman–Crippen LogP) is 5.94. The van der Waals surface area contributed by atoms with Crippen molar-refractivity contribution in [2.75, 3.05) is 18.5 Å². The van der Waals surface area contributed by atoms with Gasteiger partial charge in [0.15, 0.2) is 6.29 Å². The minimum atomic E-state index is -0.0508. The molecule has 1 fully saturated rings. The van der Waals surface area contributed by atoms with Crippen LogP contribution in [0.3, 0.4) is 0 Å². The summed E-state index contributed by atoms with van der Waals surface area (Å²) in [6.45, 7) is 3.53. The van der Waals surface area contributed by atoms with E-state index in [0.717, 1.165) is 59.4 Å². The summed E-state index contributed by atoms with van der Waals surface area (Å²) in [5.74, 6) is 0. The van der Waals surface area contributed by atoms with Crippen LogP contribution in [0.1, 0.15) is 51.0 Å². The van der Waals surface area contributed by atoms with E-state index < -0.39 is 0 Å². The number of ether oxygens (including phenoxy) is 2. The molecule has 1 aliphatic rings. The number of rotatable bonds is 8. The van der Waals surface area contributed by atoms with Gasteiger partial charge in [0.25, 0.3) is 0 Å². The SMILES string of the molecule is CCCCC(=S)Nc1ccc(Br)cc1/C=C\COC1CCCCO1. The van der Waals surface area contributed by atoms with Gasteiger partial charge in [-0.1, -0.05) is 53.6 Å². The van der Waals surface area contributed by atoms with Crippen LogP contribution >= 0.6 is 28.1 Å². The normalized spacial score (nSPS) is 18.0. The number of hydrogen-bond acceptors (Lipinski definition) is 3. The van der Waals surface area contributed by atoms with Gasteiger partial charge in [-0.05, 0) is 55.9 Å². The Bertz CT molecular complexity index is 556. The highest BCUT2D eigenvalue weighted by atomic mass is 79.9. The van der Waals surface area contributed by atoms with Gasteiger partial charge in [-0.3, -0.25) is 0 Å². The van der Waals surface area contributed by atoms with E-state index in [1.165, 1.54) is 6.42 Å². The minimum absolute atomic E-state index is 0.0508. The molecule has 1 saturated heterocycles. The van der Waals surface area contributed by atoms with Crippen LogP contribution < -0.4 is 5.32 Å². The predicted molar refractivity (Wildman–Crippen MR) is 108 cm³/mol. The van der Waals surface area contributed by atoms with Crippen molar-refractivity contribution in [2.45, 2.75) is 51.7 Å². The van der Waals surface area contributed by atoms with E-state index in [2.05, 4.69) is 40.3 Å². The lowest BCUT2D eigenvalue weighted by atomic mass is 10.1. The Morgan fingerprint density at radius 2 is 2.33 bits per heavy atom. The molecule has 1 atom stereocenters. The summed E-state index contributed by atoms with van der Waals surface area (Å²) in [6.07, 6.45) is 10.5. The average Bonchev–Trinajstić information content (AvgIpc) is 2.60. The molecule has 0 amide bonds. The molecule has 0 radical (unpaired) electrons. The van der Waals surface area contributed by atoms with E-state index in [9.17, 15) is 0 Å². The molecule has 0 saturated carbocycles. The van der Waals surface area contributed by atoms with Crippen LogP contribution in [-0.2, 0) is 9.47 Å². The highest BCUT2D eigenvalue weighted by molar-refractivity contribution is 9.10. The molecule has 5 heteroatoms. The molecule has 1 aromatic carbocycles. The van der Waals surface area contributed by atoms with E-state index in [4.69, 9.17) is 21.7 Å². The zero-order valence-corrected chi connectivity index (χ0v) is 16.6. The summed E-state index contributed by atoms with van der Waals surface area (Å²) in [6, 6.07) is 6.15. The first-order chi connectivity index (χ1) is 11.7. The molecule has 0 aromatic heterocycles. The minimum Gasteiger partial charge on any atom is -0.353 e. The van der Waals surface area contributed by atoms with Gasteiger partial charge in [0.05, 0.1) is 11.6 Å². The Hall–Kier alpha value is -0.750. The van der Waals surface area contributed by atoms with Crippen LogP contribution in [0.4, 0.5) is 5.69 Å². The van der Waals surface area contributed by atoms with E-state index >= 15 is 0 Å². The Labute approximate surface area is 158 Å². The third-order valence-electron chi connectivity index (χ3n) is 3.86. The summed E-state index contributed by atoms with van der Waals surface area (Å²) in [5, 5.41) is 3.36. The molecule has 1 N–H and O–H groups in total. The van der Waals surface area contributed by atoms with Gasteiger partial charge in [0.1, 0.15) is 0 Å². The number of hydrogen-bond donors (Lipinski definition) is 1. The zero-order chi connectivity index (χ0) is 17.2. The maximum Gasteiger partial charge on any atom is 0.157 e. The zero-order valence-electron chi connectivity index (χ0n) is 14.2. The molecule has 0 aliphatic carbocycles. The Kier molecular flexibility index (Phi) is 8.95. The quantitative estimate of drug-likeness (QED) is 0.536. The second kappa shape index (κ2) is 11.0. The smallest absolute Gasteiger partial charge is 0.157 e. The molecule has 132 valence electrons. The molecule has 1 heterocycles. The highest BCUT2D eigenvalue weighted by Crippen LogP contribution is 2.23. The number of unbranched alkanes of at least 4 members (excludes halogenated alkanes) is 1. The molecule has 0 spiro atoms. The topological polar surface area (TPSA) is 30.5 Å². The molecule has 24 heavy (non-hydrogen) atoms. The van der Waals surface area contributed by atoms with Crippen LogP contribution in [0, 0.1) is 0 Å². The van der Waals surface area contributed by atoms with Crippen LogP contribution in [0.25, 0.3) is 6.08 Å². The van der Waals surface area contributed by atoms with Crippen LogP contribution in [0.15, 0.2) is 28.7 Å². The van der Waals surface area contributed by atoms with E-state index in [-0.39, 0.29) is 6.29 Å². The summed E-state index contributed by atoms with van der Waals surface area (Å²) >= 11 is 8.96. The second-order valence-electron chi connectivity index (χ2n) is 5.92. The lowest BCUT2D eigenvalue weighted by Crippen LogP contribution is -2.22. The molecule has 1 aliphatic heterocycles. The molecule has 3 nitrogen and oxygen atoms in total. The molecule has 1 unspecified atom stereocenters. The van der Waals surface area contributed by atoms with Gasteiger partial charge in [-0.2, -0.15) is 0 Å². The monoisotopic (exact) mass is 411 g/mol. The molecule has 1 aromatic rings. The van der Waals surface area contributed by atoms with Crippen molar-refractivity contribution >= 4 is 44.9 Å². The number of nitrogens with one attached hydrogen (secondary N) is 1. The van der Waals surface area contributed by atoms with Crippen molar-refractivity contribution in [3.8, 4) is 0 Å². The number of thiocarbonyl (C=S) groups is 1. The Morgan fingerprint density at radius 1 is 1.46 bits per heavy atom. The largest absolute Gasteiger partial charge is 0.353 e. The van der Waals surface area contributed by atoms with E-state index in [1.807, 2.05) is 18.2 Å². The van der Waals surface area contributed by atoms with Gasteiger partial charge >= 0.3 is 0 Å². The lowest BCUT2D eigenvalue weighted by molar-refractivity contribution is -0.155. The van der Waals surface area contributed by atoms with Crippen molar-refractivity contribution in [3.05, 3.63) is 34.3 Å². The van der Waals surface area contributed by atoms with Crippen molar-refractivity contribution in [1.82, 2.24) is 0 Å². The fourth-order valence-corrected chi connectivity index (χ4v) is 3.15. The van der Waals surface area contributed by atoms with Crippen molar-refractivity contribution in [3.63, 3.8) is 0 Å². The highest BCUT2D eigenvalue weighted by Gasteiger charge is 2.12. The van der Waals surface area contributed by atoms with Gasteiger partial charge in [0.2, 0.25) is 0 Å². The van der Waals surface area contributed by atoms with Crippen LogP contribution in [-0.4, -0.2) is 24.5 Å². The summed E-state index contributed by atoms with van der Waals surface area (Å²) in [4.78, 5) is 0.890. The first kappa shape index (κ1) is 19.6. The van der Waals surface area contributed by atoms with Gasteiger partial charge in [-0.25, -0.2) is 0 Å². The summed E-state index contributed by atoms with van der Waals surface area (Å²) < 4.78 is 12.4. The molecular weight excluding hydrogens is 386 g/mol. The molecule has 2 rings (SSSR count). The number of anilines is 1. The first-order valence-corrected chi connectivity index (χ1v) is 9.88. The number of halogens is 1. The third-order valence-corrected chi connectivity index (χ3v) is 4.66. The number of benzene rings is 1. The van der Waals surface area contributed by atoms with E-state index in [1.54, 1.807) is 0 Å². The van der Waals surface area contributed by atoms with Gasteiger partial charge in [0, 0.05) is 16.8 Å². The van der Waals surface area contributed by atoms with Gasteiger partial charge in [-0.15, -0.1) is 0 Å². The lowest BCUT2D eigenvalue weighted by Gasteiger charge is -2.21. The average molecular weight is 412 g/mol. The first-order valence-electron chi connectivity index (χ1n) is 8.68. The summed E-state index contributed by atoms with van der Waals surface area (Å²) in [5.41, 5.74) is 2.13. The second-order valence-corrected chi connectivity index (χ2v) is 7.32. The fraction of sp³-hybridized carbons (Fsp3) is 0.526. The van der Waals surface area contributed by atoms with Crippen molar-refractivity contribution in [1.29, 1.82) is 0 Å². The van der Waals surface area contributed by atoms with Crippen molar-refractivity contribution in [2.24, 2.45) is 0 Å². The standard InChI is InChI=1S/C19H26BrNO2S/c1-2-3-8-18(24)21-17-11-10-16(20)14-15(17)7-6-13-23-19-9-4-5-12-22-19/h6-7,10-11,14,19H,2-5,8-9,12-13H2,1H3,(H,21,24)/b7-6-. The summed E-state index contributed by atoms with van der Waals surface area (Å²) in [7, 11) is 0. The van der Waals surface area contributed by atoms with Gasteiger partial charge < -0.3 is 14.8 Å². The Morgan fingerprint density at radius 3 is 3.08 bits per heavy atom. The third kappa shape index (κ3) is 7.01. The molecule has 0 bridgehead atoms. The van der Waals surface area contributed by atoms with Crippen LogP contribution in [0.5, 0.6) is 0 Å². The maximum absolute atomic E-state index is 5.74. The van der Waals surface area contributed by atoms with Crippen molar-refractivity contribution < 1.29 is 9.47 Å². The Balaban J connectivity index is 1.90. The molecular formula is C19H26BrNO2S.